The lowest BCUT2D eigenvalue weighted by Crippen LogP contribution is -2.35. The van der Waals surface area contributed by atoms with Crippen molar-refractivity contribution in [3.63, 3.8) is 0 Å². The van der Waals surface area contributed by atoms with E-state index in [1.54, 1.807) is 6.92 Å². The fourth-order valence-electron chi connectivity index (χ4n) is 2.17. The maximum absolute atomic E-state index is 12.4. The highest BCUT2D eigenvalue weighted by Gasteiger charge is 2.26. The zero-order valence-electron chi connectivity index (χ0n) is 12.4. The van der Waals surface area contributed by atoms with E-state index in [1.807, 2.05) is 6.92 Å². The number of aromatic nitrogens is 2. The van der Waals surface area contributed by atoms with Gasteiger partial charge in [0.1, 0.15) is 0 Å². The average Bonchev–Trinajstić information content (AvgIpc) is 2.77. The van der Waals surface area contributed by atoms with Crippen LogP contribution in [0.4, 0.5) is 0 Å². The molecule has 0 spiro atoms. The Kier molecular flexibility index (Phi) is 6.64. The van der Waals surface area contributed by atoms with Crippen molar-refractivity contribution in [2.24, 2.45) is 0 Å². The van der Waals surface area contributed by atoms with Crippen LogP contribution in [0, 0.1) is 6.92 Å². The normalized spacial score (nSPS) is 13.6. The fourth-order valence-corrected chi connectivity index (χ4v) is 3.67. The molecule has 0 saturated carbocycles. The van der Waals surface area contributed by atoms with Gasteiger partial charge in [0.05, 0.1) is 6.61 Å². The summed E-state index contributed by atoms with van der Waals surface area (Å²) >= 11 is 0. The van der Waals surface area contributed by atoms with Crippen LogP contribution >= 0.6 is 0 Å². The van der Waals surface area contributed by atoms with Crippen molar-refractivity contribution in [3.8, 4) is 0 Å². The minimum absolute atomic E-state index is 0.0755. The molecule has 20 heavy (non-hydrogen) atoms. The second-order valence-electron chi connectivity index (χ2n) is 5.04. The molecule has 1 unspecified atom stereocenters. The van der Waals surface area contributed by atoms with Crippen LogP contribution in [-0.4, -0.2) is 29.8 Å². The van der Waals surface area contributed by atoms with Crippen LogP contribution in [0.25, 0.3) is 0 Å². The summed E-state index contributed by atoms with van der Waals surface area (Å²) in [6.07, 6.45) is 4.56. The lowest BCUT2D eigenvalue weighted by molar-refractivity contribution is 0.277. The molecule has 1 heterocycles. The Morgan fingerprint density at radius 2 is 2.00 bits per heavy atom. The van der Waals surface area contributed by atoms with Crippen LogP contribution in [-0.2, 0) is 16.6 Å². The number of aliphatic hydroxyl groups is 1. The first-order valence-electron chi connectivity index (χ1n) is 7.13. The molecule has 1 rings (SSSR count). The predicted octanol–water partition coefficient (Wildman–Crippen LogP) is 1.85. The number of aliphatic hydroxyl groups excluding tert-OH is 1. The van der Waals surface area contributed by atoms with E-state index in [0.717, 1.165) is 32.1 Å². The van der Waals surface area contributed by atoms with Gasteiger partial charge in [0.2, 0.25) is 0 Å². The van der Waals surface area contributed by atoms with E-state index < -0.39 is 10.0 Å². The number of aromatic amines is 1. The van der Waals surface area contributed by atoms with E-state index in [4.69, 9.17) is 0 Å². The summed E-state index contributed by atoms with van der Waals surface area (Å²) in [7, 11) is -3.69. The van der Waals surface area contributed by atoms with Gasteiger partial charge in [-0.25, -0.2) is 13.1 Å². The van der Waals surface area contributed by atoms with Gasteiger partial charge in [0, 0.05) is 17.3 Å². The van der Waals surface area contributed by atoms with Crippen LogP contribution in [0.1, 0.15) is 57.2 Å². The quantitative estimate of drug-likeness (QED) is 0.649. The first-order chi connectivity index (χ1) is 9.46. The molecule has 0 aliphatic carbocycles. The molecule has 116 valence electrons. The molecular formula is C13H25N3O3S. The molecule has 0 amide bonds. The van der Waals surface area contributed by atoms with Gasteiger partial charge in [-0.3, -0.25) is 5.10 Å². The summed E-state index contributed by atoms with van der Waals surface area (Å²) in [5.41, 5.74) is 0.914. The van der Waals surface area contributed by atoms with Crippen LogP contribution in [0.5, 0.6) is 0 Å². The molecule has 0 bridgehead atoms. The molecule has 0 aromatic carbocycles. The third-order valence-corrected chi connectivity index (χ3v) is 4.80. The lowest BCUT2D eigenvalue weighted by Gasteiger charge is -2.17. The number of H-pyrrole nitrogens is 1. The van der Waals surface area contributed by atoms with E-state index in [0.29, 0.717) is 11.3 Å². The van der Waals surface area contributed by atoms with Gasteiger partial charge >= 0.3 is 0 Å². The monoisotopic (exact) mass is 303 g/mol. The summed E-state index contributed by atoms with van der Waals surface area (Å²) < 4.78 is 27.4. The van der Waals surface area contributed by atoms with Crippen molar-refractivity contribution in [2.75, 3.05) is 0 Å². The van der Waals surface area contributed by atoms with E-state index in [1.165, 1.54) is 0 Å². The molecule has 0 aliphatic heterocycles. The van der Waals surface area contributed by atoms with Gasteiger partial charge < -0.3 is 5.11 Å². The largest absolute Gasteiger partial charge is 0.392 e. The van der Waals surface area contributed by atoms with Crippen LogP contribution in [0.2, 0.25) is 0 Å². The minimum atomic E-state index is -3.69. The Balaban J connectivity index is 2.91. The number of rotatable bonds is 9. The molecule has 1 atom stereocenters. The molecular weight excluding hydrogens is 278 g/mol. The molecule has 1 aromatic heterocycles. The number of hydrogen-bond donors (Lipinski definition) is 3. The molecule has 0 fully saturated rings. The zero-order chi connectivity index (χ0) is 15.2. The third-order valence-electron chi connectivity index (χ3n) is 3.31. The van der Waals surface area contributed by atoms with Gasteiger partial charge in [-0.15, -0.1) is 0 Å². The third kappa shape index (κ3) is 4.29. The van der Waals surface area contributed by atoms with Gasteiger partial charge in [0.25, 0.3) is 10.0 Å². The topological polar surface area (TPSA) is 95.1 Å². The number of nitrogens with zero attached hydrogens (tertiary/aromatic N) is 1. The van der Waals surface area contributed by atoms with Crippen LogP contribution in [0.15, 0.2) is 5.03 Å². The zero-order valence-corrected chi connectivity index (χ0v) is 13.3. The Hall–Kier alpha value is -0.920. The Morgan fingerprint density at radius 3 is 2.55 bits per heavy atom. The number of nitrogens with one attached hydrogen (secondary N) is 2. The second-order valence-corrected chi connectivity index (χ2v) is 6.67. The fraction of sp³-hybridized carbons (Fsp3) is 0.769. The maximum Gasteiger partial charge on any atom is 0.260 e. The number of aryl methyl sites for hydroxylation is 1. The van der Waals surface area contributed by atoms with E-state index in [9.17, 15) is 13.5 Å². The standard InChI is InChI=1S/C13H25N3O3S/c1-4-6-8-11(7-5-2)16-20(18,19)13-12(9-17)10(3)14-15-13/h11,16-17H,4-9H2,1-3H3,(H,14,15). The molecule has 1 aromatic rings. The molecule has 0 saturated heterocycles. The van der Waals surface area contributed by atoms with E-state index in [2.05, 4.69) is 21.8 Å². The SMILES string of the molecule is CCCCC(CCC)NS(=O)(=O)c1n[nH]c(C)c1CO. The van der Waals surface area contributed by atoms with Crippen LogP contribution < -0.4 is 4.72 Å². The Bertz CT molecular complexity index is 511. The molecule has 0 aliphatic rings. The lowest BCUT2D eigenvalue weighted by atomic mass is 10.1. The van der Waals surface area contributed by atoms with Crippen molar-refractivity contribution in [1.82, 2.24) is 14.9 Å². The van der Waals surface area contributed by atoms with E-state index >= 15 is 0 Å². The molecule has 6 nitrogen and oxygen atoms in total. The average molecular weight is 303 g/mol. The van der Waals surface area contributed by atoms with Crippen molar-refractivity contribution >= 4 is 10.0 Å². The summed E-state index contributed by atoms with van der Waals surface area (Å²) in [6, 6.07) is -0.0755. The number of sulfonamides is 1. The summed E-state index contributed by atoms with van der Waals surface area (Å²) in [5, 5.41) is 15.6. The first kappa shape index (κ1) is 17.1. The van der Waals surface area contributed by atoms with Gasteiger partial charge in [-0.1, -0.05) is 33.1 Å². The van der Waals surface area contributed by atoms with Crippen LogP contribution in [0.3, 0.4) is 0 Å². The highest BCUT2D eigenvalue weighted by molar-refractivity contribution is 7.89. The smallest absolute Gasteiger partial charge is 0.260 e. The number of unbranched alkanes of at least 4 members (excludes halogenated alkanes) is 1. The molecule has 7 heteroatoms. The van der Waals surface area contributed by atoms with Crippen molar-refractivity contribution in [1.29, 1.82) is 0 Å². The highest BCUT2D eigenvalue weighted by atomic mass is 32.2. The van der Waals surface area contributed by atoms with E-state index in [-0.39, 0.29) is 17.7 Å². The second kappa shape index (κ2) is 7.75. The highest BCUT2D eigenvalue weighted by Crippen LogP contribution is 2.18. The Labute approximate surface area is 121 Å². The summed E-state index contributed by atoms with van der Waals surface area (Å²) in [5.74, 6) is 0. The van der Waals surface area contributed by atoms with Crippen molar-refractivity contribution in [2.45, 2.75) is 70.6 Å². The number of hydrogen-bond acceptors (Lipinski definition) is 4. The first-order valence-corrected chi connectivity index (χ1v) is 8.61. The summed E-state index contributed by atoms with van der Waals surface area (Å²) in [4.78, 5) is 0. The summed E-state index contributed by atoms with van der Waals surface area (Å²) in [6.45, 7) is 5.47. The van der Waals surface area contributed by atoms with Gasteiger partial charge in [-0.05, 0) is 19.8 Å². The minimum Gasteiger partial charge on any atom is -0.392 e. The molecule has 0 radical (unpaired) electrons. The van der Waals surface area contributed by atoms with Gasteiger partial charge in [0.15, 0.2) is 5.03 Å². The van der Waals surface area contributed by atoms with Crippen molar-refractivity contribution in [3.05, 3.63) is 11.3 Å². The maximum atomic E-state index is 12.4. The Morgan fingerprint density at radius 1 is 1.30 bits per heavy atom. The molecule has 3 N–H and O–H groups in total. The predicted molar refractivity (Wildman–Crippen MR) is 77.8 cm³/mol. The van der Waals surface area contributed by atoms with Crippen molar-refractivity contribution < 1.29 is 13.5 Å². The van der Waals surface area contributed by atoms with Gasteiger partial charge in [-0.2, -0.15) is 5.10 Å².